The molecule has 118 valence electrons. The lowest BCUT2D eigenvalue weighted by molar-refractivity contribution is -0.0799. The molecule has 0 saturated heterocycles. The highest BCUT2D eigenvalue weighted by Gasteiger charge is 2.61. The Kier molecular flexibility index (Phi) is 4.15. The van der Waals surface area contributed by atoms with Gasteiger partial charge in [0.15, 0.2) is 0 Å². The van der Waals surface area contributed by atoms with Crippen molar-refractivity contribution >= 4 is 29.3 Å². The number of ether oxygens (including phenoxy) is 1. The molecule has 0 aromatic rings. The number of alkyl halides is 2. The maximum Gasteiger partial charge on any atom is 0.407 e. The Hall–Kier alpha value is -0.450. The molecular formula is C15H22Cl2N2O2. The zero-order valence-electron chi connectivity index (χ0n) is 12.0. The van der Waals surface area contributed by atoms with Crippen molar-refractivity contribution in [2.75, 3.05) is 13.1 Å². The smallest absolute Gasteiger partial charge is 0.407 e. The first-order chi connectivity index (χ1) is 9.93. The largest absolute Gasteiger partial charge is 0.446 e. The number of alkyl carbamates (subject to hydrolysis) is 1. The Morgan fingerprint density at radius 2 is 1.76 bits per heavy atom. The summed E-state index contributed by atoms with van der Waals surface area (Å²) in [4.78, 5) is 11.5. The SMILES string of the molecule is NC/C=C/CNC(=O)OC1C2CC3(Cl)CC1CC(Cl)(C2)C3. The fourth-order valence-electron chi connectivity index (χ4n) is 4.58. The summed E-state index contributed by atoms with van der Waals surface area (Å²) in [6.07, 6.45) is 7.74. The van der Waals surface area contributed by atoms with E-state index in [-0.39, 0.29) is 21.9 Å². The predicted molar refractivity (Wildman–Crippen MR) is 83.7 cm³/mol. The fourth-order valence-corrected chi connectivity index (χ4v) is 5.95. The molecule has 0 spiro atoms. The number of carbonyl (C=O) groups excluding carboxylic acids is 1. The van der Waals surface area contributed by atoms with Gasteiger partial charge in [-0.15, -0.1) is 23.2 Å². The third kappa shape index (κ3) is 3.17. The molecule has 0 atom stereocenters. The topological polar surface area (TPSA) is 64.3 Å². The normalized spacial score (nSPS) is 44.2. The van der Waals surface area contributed by atoms with E-state index in [9.17, 15) is 4.79 Å². The third-order valence-electron chi connectivity index (χ3n) is 4.99. The van der Waals surface area contributed by atoms with Gasteiger partial charge >= 0.3 is 6.09 Å². The van der Waals surface area contributed by atoms with Crippen LogP contribution in [0.25, 0.3) is 0 Å². The van der Waals surface area contributed by atoms with Gasteiger partial charge in [0.05, 0.1) is 0 Å². The average molecular weight is 333 g/mol. The highest BCUT2D eigenvalue weighted by molar-refractivity contribution is 6.28. The third-order valence-corrected chi connectivity index (χ3v) is 5.87. The second-order valence-corrected chi connectivity index (χ2v) is 8.38. The number of nitrogens with one attached hydrogen (secondary N) is 1. The van der Waals surface area contributed by atoms with Crippen molar-refractivity contribution in [3.8, 4) is 0 Å². The molecule has 1 amide bonds. The molecule has 4 bridgehead atoms. The number of halogens is 2. The van der Waals surface area contributed by atoms with E-state index in [2.05, 4.69) is 5.32 Å². The molecule has 4 nitrogen and oxygen atoms in total. The van der Waals surface area contributed by atoms with Gasteiger partial charge in [-0.1, -0.05) is 12.2 Å². The zero-order valence-corrected chi connectivity index (χ0v) is 13.5. The van der Waals surface area contributed by atoms with Gasteiger partial charge in [-0.2, -0.15) is 0 Å². The summed E-state index contributed by atoms with van der Waals surface area (Å²) in [5, 5.41) is 2.73. The molecule has 0 unspecified atom stereocenters. The minimum Gasteiger partial charge on any atom is -0.446 e. The molecule has 6 heteroatoms. The fraction of sp³-hybridized carbons (Fsp3) is 0.800. The number of amides is 1. The van der Waals surface area contributed by atoms with Crippen LogP contribution in [0.3, 0.4) is 0 Å². The summed E-state index contributed by atoms with van der Waals surface area (Å²) >= 11 is 13.4. The van der Waals surface area contributed by atoms with Gasteiger partial charge in [0, 0.05) is 22.8 Å². The summed E-state index contributed by atoms with van der Waals surface area (Å²) in [6, 6.07) is 0. The van der Waals surface area contributed by atoms with Crippen molar-refractivity contribution in [2.45, 2.75) is 48.0 Å². The maximum absolute atomic E-state index is 11.9. The van der Waals surface area contributed by atoms with Crippen LogP contribution < -0.4 is 11.1 Å². The van der Waals surface area contributed by atoms with Crippen LogP contribution >= 0.6 is 23.2 Å². The Balaban J connectivity index is 1.58. The van der Waals surface area contributed by atoms with Crippen LogP contribution in [0, 0.1) is 11.8 Å². The summed E-state index contributed by atoms with van der Waals surface area (Å²) in [5.41, 5.74) is 5.34. The average Bonchev–Trinajstić information content (AvgIpc) is 2.36. The van der Waals surface area contributed by atoms with E-state index in [1.54, 1.807) is 6.08 Å². The number of rotatable bonds is 4. The molecule has 4 fully saturated rings. The summed E-state index contributed by atoms with van der Waals surface area (Å²) in [6.45, 7) is 0.913. The van der Waals surface area contributed by atoms with E-state index in [4.69, 9.17) is 33.7 Å². The Labute approximate surface area is 135 Å². The molecule has 4 saturated carbocycles. The molecule has 0 aromatic heterocycles. The van der Waals surface area contributed by atoms with Crippen LogP contribution in [-0.4, -0.2) is 35.0 Å². The van der Waals surface area contributed by atoms with Gasteiger partial charge in [0.2, 0.25) is 0 Å². The lowest BCUT2D eigenvalue weighted by Gasteiger charge is -2.60. The summed E-state index contributed by atoms with van der Waals surface area (Å²) < 4.78 is 5.66. The van der Waals surface area contributed by atoms with Crippen molar-refractivity contribution in [2.24, 2.45) is 17.6 Å². The van der Waals surface area contributed by atoms with Crippen molar-refractivity contribution in [3.05, 3.63) is 12.2 Å². The van der Waals surface area contributed by atoms with Gasteiger partial charge in [-0.05, 0) is 43.9 Å². The number of carbonyl (C=O) groups is 1. The summed E-state index contributed by atoms with van der Waals surface area (Å²) in [5.74, 6) is 0.596. The van der Waals surface area contributed by atoms with E-state index >= 15 is 0 Å². The van der Waals surface area contributed by atoms with Gasteiger partial charge in [-0.25, -0.2) is 4.79 Å². The van der Waals surface area contributed by atoms with Crippen molar-refractivity contribution in [1.82, 2.24) is 5.32 Å². The van der Waals surface area contributed by atoms with E-state index in [1.807, 2.05) is 6.08 Å². The van der Waals surface area contributed by atoms with Crippen molar-refractivity contribution < 1.29 is 9.53 Å². The highest BCUT2D eigenvalue weighted by atomic mass is 35.5. The number of nitrogens with two attached hydrogens (primary N) is 1. The molecule has 0 radical (unpaired) electrons. The Bertz CT molecular complexity index is 419. The van der Waals surface area contributed by atoms with Crippen LogP contribution in [0.5, 0.6) is 0 Å². The van der Waals surface area contributed by atoms with Gasteiger partial charge in [-0.3, -0.25) is 0 Å². The lowest BCUT2D eigenvalue weighted by Crippen LogP contribution is -2.61. The van der Waals surface area contributed by atoms with Gasteiger partial charge in [0.1, 0.15) is 6.10 Å². The van der Waals surface area contributed by atoms with Crippen molar-refractivity contribution in [1.29, 1.82) is 0 Å². The van der Waals surface area contributed by atoms with Crippen LogP contribution in [-0.2, 0) is 4.74 Å². The number of hydrogen-bond acceptors (Lipinski definition) is 3. The van der Waals surface area contributed by atoms with E-state index in [1.165, 1.54) is 0 Å². The van der Waals surface area contributed by atoms with Crippen molar-refractivity contribution in [3.63, 3.8) is 0 Å². The minimum absolute atomic E-state index is 0.0393. The monoisotopic (exact) mass is 332 g/mol. The molecule has 3 N–H and O–H groups in total. The first-order valence-corrected chi connectivity index (χ1v) is 8.36. The molecule has 0 heterocycles. The Morgan fingerprint density at radius 3 is 2.29 bits per heavy atom. The van der Waals surface area contributed by atoms with Crippen LogP contribution in [0.15, 0.2) is 12.2 Å². The van der Waals surface area contributed by atoms with E-state index in [0.29, 0.717) is 24.9 Å². The quantitative estimate of drug-likeness (QED) is 0.614. The lowest BCUT2D eigenvalue weighted by atomic mass is 9.54. The first-order valence-electron chi connectivity index (χ1n) is 7.60. The molecule has 0 aromatic carbocycles. The highest BCUT2D eigenvalue weighted by Crippen LogP contribution is 2.62. The first kappa shape index (κ1) is 15.4. The second kappa shape index (κ2) is 5.64. The minimum atomic E-state index is -0.360. The predicted octanol–water partition coefficient (Wildman–Crippen LogP) is 2.78. The Morgan fingerprint density at radius 1 is 1.19 bits per heavy atom. The van der Waals surface area contributed by atoms with Gasteiger partial charge < -0.3 is 15.8 Å². The zero-order chi connectivity index (χ0) is 15.1. The van der Waals surface area contributed by atoms with Crippen LogP contribution in [0.4, 0.5) is 4.79 Å². The van der Waals surface area contributed by atoms with E-state index in [0.717, 1.165) is 32.1 Å². The van der Waals surface area contributed by atoms with E-state index < -0.39 is 0 Å². The standard InChI is InChI=1S/C15H22Cl2N2O2/c16-14-5-10-6-15(17,9-14)8-11(7-14)12(10)21-13(20)19-4-2-1-3-18/h1-2,10-12H,3-9,18H2,(H,19,20)/b2-1+. The second-order valence-electron chi connectivity index (χ2n) is 6.77. The van der Waals surface area contributed by atoms with Crippen LogP contribution in [0.1, 0.15) is 32.1 Å². The molecular weight excluding hydrogens is 311 g/mol. The van der Waals surface area contributed by atoms with Crippen LogP contribution in [0.2, 0.25) is 0 Å². The molecule has 0 aliphatic heterocycles. The number of hydrogen-bond donors (Lipinski definition) is 2. The molecule has 4 rings (SSSR count). The maximum atomic E-state index is 11.9. The van der Waals surface area contributed by atoms with Gasteiger partial charge in [0.25, 0.3) is 0 Å². The molecule has 4 aliphatic rings. The molecule has 21 heavy (non-hydrogen) atoms. The molecule has 4 aliphatic carbocycles. The summed E-state index contributed by atoms with van der Waals surface area (Å²) in [7, 11) is 0.